The predicted molar refractivity (Wildman–Crippen MR) is 79.2 cm³/mol. The van der Waals surface area contributed by atoms with E-state index in [0.29, 0.717) is 11.3 Å². The highest BCUT2D eigenvalue weighted by molar-refractivity contribution is 7.91. The molecule has 10 heteroatoms. The van der Waals surface area contributed by atoms with Crippen molar-refractivity contribution in [2.24, 2.45) is 0 Å². The zero-order valence-electron chi connectivity index (χ0n) is 12.1. The van der Waals surface area contributed by atoms with Gasteiger partial charge in [0.1, 0.15) is 27.0 Å². The molecule has 0 unspecified atom stereocenters. The van der Waals surface area contributed by atoms with Crippen LogP contribution in [0.3, 0.4) is 0 Å². The lowest BCUT2D eigenvalue weighted by molar-refractivity contribution is -0.171. The van der Waals surface area contributed by atoms with Gasteiger partial charge >= 0.3 is 6.18 Å². The highest BCUT2D eigenvalue weighted by Crippen LogP contribution is 2.40. The van der Waals surface area contributed by atoms with Gasteiger partial charge in [-0.2, -0.15) is 22.7 Å². The van der Waals surface area contributed by atoms with Crippen LogP contribution in [0.4, 0.5) is 17.6 Å². The van der Waals surface area contributed by atoms with Gasteiger partial charge in [-0.3, -0.25) is 0 Å². The third-order valence-electron chi connectivity index (χ3n) is 3.18. The Morgan fingerprint density at radius 2 is 1.75 bits per heavy atom. The molecule has 0 bridgehead atoms. The second kappa shape index (κ2) is 6.51. The second-order valence-electron chi connectivity index (χ2n) is 4.75. The smallest absolute Gasteiger partial charge is 0.207 e. The summed E-state index contributed by atoms with van der Waals surface area (Å²) in [6, 6.07) is 4.96. The molecule has 0 radical (unpaired) electrons. The highest BCUT2D eigenvalue weighted by atomic mass is 32.2. The number of nitriles is 1. The van der Waals surface area contributed by atoms with Crippen LogP contribution in [-0.2, 0) is 10.0 Å². The Balaban J connectivity index is 2.50. The SMILES string of the molecule is CN([C@H](c1ccc(F)cc1)C(F)(F)F)S(=O)(=O)c1ccc(C#N)s1. The monoisotopic (exact) mass is 378 g/mol. The largest absolute Gasteiger partial charge is 0.409 e. The predicted octanol–water partition coefficient (Wildman–Crippen LogP) is 3.68. The van der Waals surface area contributed by atoms with E-state index in [4.69, 9.17) is 5.26 Å². The number of halogens is 4. The number of hydrogen-bond donors (Lipinski definition) is 0. The molecular formula is C14H10F4N2O2S2. The van der Waals surface area contributed by atoms with E-state index in [2.05, 4.69) is 0 Å². The topological polar surface area (TPSA) is 61.2 Å². The van der Waals surface area contributed by atoms with Crippen molar-refractivity contribution < 1.29 is 26.0 Å². The molecule has 0 spiro atoms. The van der Waals surface area contributed by atoms with Gasteiger partial charge < -0.3 is 0 Å². The normalized spacial score (nSPS) is 13.7. The van der Waals surface area contributed by atoms with E-state index >= 15 is 0 Å². The molecule has 0 saturated carbocycles. The molecule has 0 aliphatic rings. The Labute approximate surface area is 139 Å². The van der Waals surface area contributed by atoms with E-state index in [1.54, 1.807) is 6.07 Å². The maximum absolute atomic E-state index is 13.4. The minimum Gasteiger partial charge on any atom is -0.207 e. The van der Waals surface area contributed by atoms with Crippen molar-refractivity contribution in [2.75, 3.05) is 7.05 Å². The summed E-state index contributed by atoms with van der Waals surface area (Å²) in [7, 11) is -3.69. The molecule has 128 valence electrons. The summed E-state index contributed by atoms with van der Waals surface area (Å²) in [6.45, 7) is 0. The first-order valence-electron chi connectivity index (χ1n) is 6.37. The van der Waals surface area contributed by atoms with Gasteiger partial charge in [0.15, 0.2) is 0 Å². The second-order valence-corrected chi connectivity index (χ2v) is 8.06. The van der Waals surface area contributed by atoms with Crippen LogP contribution in [0.1, 0.15) is 16.5 Å². The van der Waals surface area contributed by atoms with E-state index in [1.165, 1.54) is 6.07 Å². The zero-order valence-corrected chi connectivity index (χ0v) is 13.7. The molecule has 24 heavy (non-hydrogen) atoms. The lowest BCUT2D eigenvalue weighted by atomic mass is 10.1. The summed E-state index contributed by atoms with van der Waals surface area (Å²) in [4.78, 5) is 0.0623. The molecule has 0 N–H and O–H groups in total. The van der Waals surface area contributed by atoms with E-state index in [-0.39, 0.29) is 13.4 Å². The van der Waals surface area contributed by atoms with Crippen LogP contribution in [0.15, 0.2) is 40.6 Å². The fourth-order valence-corrected chi connectivity index (χ4v) is 4.67. The van der Waals surface area contributed by atoms with Crippen molar-refractivity contribution in [1.82, 2.24) is 4.31 Å². The number of benzene rings is 1. The van der Waals surface area contributed by atoms with Crippen molar-refractivity contribution in [3.63, 3.8) is 0 Å². The van der Waals surface area contributed by atoms with Crippen molar-refractivity contribution in [1.29, 1.82) is 5.26 Å². The average Bonchev–Trinajstić information content (AvgIpc) is 2.97. The average molecular weight is 378 g/mol. The van der Waals surface area contributed by atoms with Gasteiger partial charge in [-0.15, -0.1) is 11.3 Å². The zero-order chi connectivity index (χ0) is 18.1. The van der Waals surface area contributed by atoms with Gasteiger partial charge in [0.05, 0.1) is 0 Å². The quantitative estimate of drug-likeness (QED) is 0.763. The number of rotatable bonds is 4. The first-order valence-corrected chi connectivity index (χ1v) is 8.63. The maximum atomic E-state index is 13.4. The molecule has 1 atom stereocenters. The van der Waals surface area contributed by atoms with Crippen molar-refractivity contribution in [3.05, 3.63) is 52.7 Å². The summed E-state index contributed by atoms with van der Waals surface area (Å²) < 4.78 is 77.9. The molecule has 2 aromatic rings. The van der Waals surface area contributed by atoms with Gasteiger partial charge in [0.25, 0.3) is 10.0 Å². The van der Waals surface area contributed by atoms with Gasteiger partial charge in [-0.25, -0.2) is 12.8 Å². The van der Waals surface area contributed by atoms with Crippen LogP contribution in [0, 0.1) is 17.1 Å². The fourth-order valence-electron chi connectivity index (χ4n) is 2.05. The van der Waals surface area contributed by atoms with E-state index in [9.17, 15) is 26.0 Å². The third kappa shape index (κ3) is 3.58. The summed E-state index contributed by atoms with van der Waals surface area (Å²) >= 11 is 0.576. The van der Waals surface area contributed by atoms with Crippen LogP contribution in [-0.4, -0.2) is 25.9 Å². The first kappa shape index (κ1) is 18.4. The Bertz CT molecular complexity index is 867. The molecule has 0 aliphatic heterocycles. The summed E-state index contributed by atoms with van der Waals surface area (Å²) in [5.74, 6) is -0.734. The lowest BCUT2D eigenvalue weighted by Gasteiger charge is -2.29. The van der Waals surface area contributed by atoms with Crippen LogP contribution >= 0.6 is 11.3 Å². The van der Waals surface area contributed by atoms with Gasteiger partial charge in [-0.05, 0) is 29.8 Å². The molecule has 2 rings (SSSR count). The van der Waals surface area contributed by atoms with E-state index in [0.717, 1.165) is 37.4 Å². The van der Waals surface area contributed by atoms with Crippen LogP contribution < -0.4 is 0 Å². The Hall–Kier alpha value is -1.96. The Morgan fingerprint density at radius 3 is 2.21 bits per heavy atom. The van der Waals surface area contributed by atoms with Crippen molar-refractivity contribution >= 4 is 21.4 Å². The Morgan fingerprint density at radius 1 is 1.17 bits per heavy atom. The summed E-state index contributed by atoms with van der Waals surface area (Å²) in [5.41, 5.74) is -0.410. The number of alkyl halides is 3. The third-order valence-corrected chi connectivity index (χ3v) is 6.46. The van der Waals surface area contributed by atoms with Gasteiger partial charge in [0.2, 0.25) is 0 Å². The van der Waals surface area contributed by atoms with Crippen LogP contribution in [0.25, 0.3) is 0 Å². The lowest BCUT2D eigenvalue weighted by Crippen LogP contribution is -2.39. The van der Waals surface area contributed by atoms with Gasteiger partial charge in [-0.1, -0.05) is 12.1 Å². The van der Waals surface area contributed by atoms with E-state index < -0.39 is 33.6 Å². The molecule has 1 aromatic heterocycles. The fraction of sp³-hybridized carbons (Fsp3) is 0.214. The first-order chi connectivity index (χ1) is 11.1. The van der Waals surface area contributed by atoms with E-state index in [1.807, 2.05) is 0 Å². The molecule has 1 heterocycles. The van der Waals surface area contributed by atoms with Crippen LogP contribution in [0.2, 0.25) is 0 Å². The molecule has 0 saturated heterocycles. The number of sulfonamides is 1. The molecule has 4 nitrogen and oxygen atoms in total. The number of hydrogen-bond acceptors (Lipinski definition) is 4. The number of thiophene rings is 1. The summed E-state index contributed by atoms with van der Waals surface area (Å²) in [5, 5.41) is 8.73. The standard InChI is InChI=1S/C14H10F4N2O2S2/c1-20(24(21,22)12-7-6-11(8-19)23-12)13(14(16,17)18)9-2-4-10(15)5-3-9/h2-7,13H,1H3/t13-/m1/s1. The minimum atomic E-state index is -4.91. The van der Waals surface area contributed by atoms with Crippen molar-refractivity contribution in [3.8, 4) is 6.07 Å². The molecule has 0 aliphatic carbocycles. The molecule has 0 fully saturated rings. The Kier molecular flexibility index (Phi) is 4.98. The highest BCUT2D eigenvalue weighted by Gasteiger charge is 2.47. The minimum absolute atomic E-state index is 0.0623. The molecular weight excluding hydrogens is 368 g/mol. The van der Waals surface area contributed by atoms with Crippen LogP contribution in [0.5, 0.6) is 0 Å². The van der Waals surface area contributed by atoms with Gasteiger partial charge in [0, 0.05) is 7.05 Å². The number of nitrogens with zero attached hydrogens (tertiary/aromatic N) is 2. The molecule has 0 amide bonds. The molecule has 1 aromatic carbocycles. The van der Waals surface area contributed by atoms with Crippen molar-refractivity contribution in [2.45, 2.75) is 16.4 Å². The summed E-state index contributed by atoms with van der Waals surface area (Å²) in [6.07, 6.45) is -4.91. The maximum Gasteiger partial charge on any atom is 0.409 e.